The van der Waals surface area contributed by atoms with Crippen molar-refractivity contribution in [1.82, 2.24) is 9.55 Å². The first-order chi connectivity index (χ1) is 8.08. The van der Waals surface area contributed by atoms with E-state index >= 15 is 0 Å². The van der Waals surface area contributed by atoms with Gasteiger partial charge in [-0.3, -0.25) is 4.79 Å². The Morgan fingerprint density at radius 3 is 2.82 bits per heavy atom. The van der Waals surface area contributed by atoms with Crippen molar-refractivity contribution in [2.24, 2.45) is 0 Å². The molecule has 0 saturated heterocycles. The van der Waals surface area contributed by atoms with Crippen LogP contribution in [0.1, 0.15) is 5.56 Å². The second-order valence-electron chi connectivity index (χ2n) is 3.48. The van der Waals surface area contributed by atoms with Gasteiger partial charge in [0.2, 0.25) is 0 Å². The second-order valence-corrected chi connectivity index (χ2v) is 3.48. The van der Waals surface area contributed by atoms with Gasteiger partial charge in [0.25, 0.3) is 5.56 Å². The van der Waals surface area contributed by atoms with E-state index in [0.717, 1.165) is 12.1 Å². The lowest BCUT2D eigenvalue weighted by atomic mass is 10.2. The lowest BCUT2D eigenvalue weighted by Gasteiger charge is -2.06. The predicted octanol–water partition coefficient (Wildman–Crippen LogP) is 1.15. The molecular formula is C11H9F2N3O. The Kier molecular flexibility index (Phi) is 2.86. The molecule has 0 atom stereocenters. The summed E-state index contributed by atoms with van der Waals surface area (Å²) in [6.45, 7) is -0.0162. The van der Waals surface area contributed by atoms with Crippen molar-refractivity contribution >= 4 is 5.82 Å². The van der Waals surface area contributed by atoms with Crippen LogP contribution in [-0.4, -0.2) is 9.55 Å². The topological polar surface area (TPSA) is 60.9 Å². The van der Waals surface area contributed by atoms with Crippen molar-refractivity contribution in [2.75, 3.05) is 5.73 Å². The Morgan fingerprint density at radius 1 is 1.35 bits per heavy atom. The third-order valence-electron chi connectivity index (χ3n) is 2.30. The SMILES string of the molecule is Nc1nccn(Cc2ccc(F)cc2F)c1=O. The molecule has 17 heavy (non-hydrogen) atoms. The second kappa shape index (κ2) is 4.32. The molecule has 2 rings (SSSR count). The maximum Gasteiger partial charge on any atom is 0.293 e. The highest BCUT2D eigenvalue weighted by Crippen LogP contribution is 2.10. The van der Waals surface area contributed by atoms with Gasteiger partial charge >= 0.3 is 0 Å². The Morgan fingerprint density at radius 2 is 2.12 bits per heavy atom. The van der Waals surface area contributed by atoms with Gasteiger partial charge in [0.05, 0.1) is 6.54 Å². The van der Waals surface area contributed by atoms with Crippen molar-refractivity contribution in [1.29, 1.82) is 0 Å². The molecule has 0 saturated carbocycles. The van der Waals surface area contributed by atoms with E-state index in [1.54, 1.807) is 0 Å². The average molecular weight is 237 g/mol. The standard InChI is InChI=1S/C11H9F2N3O/c12-8-2-1-7(9(13)5-8)6-16-4-3-15-10(14)11(16)17/h1-5H,6H2,(H2,14,15). The minimum atomic E-state index is -0.702. The third kappa shape index (κ3) is 2.30. The molecule has 88 valence electrons. The van der Waals surface area contributed by atoms with E-state index in [1.165, 1.54) is 23.0 Å². The number of aromatic nitrogens is 2. The summed E-state index contributed by atoms with van der Waals surface area (Å²) in [6.07, 6.45) is 2.74. The van der Waals surface area contributed by atoms with Gasteiger partial charge in [-0.25, -0.2) is 13.8 Å². The van der Waals surface area contributed by atoms with Crippen LogP contribution in [0.2, 0.25) is 0 Å². The molecule has 0 fully saturated rings. The summed E-state index contributed by atoms with van der Waals surface area (Å²) in [5.41, 5.74) is 5.04. The number of hydrogen-bond donors (Lipinski definition) is 1. The van der Waals surface area contributed by atoms with Crippen LogP contribution in [0.15, 0.2) is 35.4 Å². The molecule has 2 N–H and O–H groups in total. The van der Waals surface area contributed by atoms with Crippen molar-refractivity contribution < 1.29 is 8.78 Å². The average Bonchev–Trinajstić information content (AvgIpc) is 2.28. The van der Waals surface area contributed by atoms with Crippen LogP contribution in [0.5, 0.6) is 0 Å². The Labute approximate surface area is 95.3 Å². The van der Waals surface area contributed by atoms with Gasteiger partial charge in [0.1, 0.15) is 11.6 Å². The van der Waals surface area contributed by atoms with Crippen molar-refractivity contribution in [2.45, 2.75) is 6.54 Å². The molecule has 0 aliphatic heterocycles. The summed E-state index contributed by atoms with van der Waals surface area (Å²) in [5, 5.41) is 0. The van der Waals surface area contributed by atoms with E-state index in [2.05, 4.69) is 4.98 Å². The summed E-state index contributed by atoms with van der Waals surface area (Å²) >= 11 is 0. The number of benzene rings is 1. The quantitative estimate of drug-likeness (QED) is 0.852. The predicted molar refractivity (Wildman–Crippen MR) is 58.4 cm³/mol. The fourth-order valence-electron chi connectivity index (χ4n) is 1.42. The maximum absolute atomic E-state index is 13.4. The first kappa shape index (κ1) is 11.3. The molecule has 6 heteroatoms. The van der Waals surface area contributed by atoms with Gasteiger partial charge in [-0.05, 0) is 6.07 Å². The zero-order valence-corrected chi connectivity index (χ0v) is 8.73. The Bertz CT molecular complexity index is 610. The normalized spacial score (nSPS) is 10.5. The largest absolute Gasteiger partial charge is 0.379 e. The van der Waals surface area contributed by atoms with Gasteiger partial charge in [-0.15, -0.1) is 0 Å². The van der Waals surface area contributed by atoms with Crippen molar-refractivity contribution in [3.05, 3.63) is 58.1 Å². The number of hydrogen-bond acceptors (Lipinski definition) is 3. The van der Waals surface area contributed by atoms with E-state index < -0.39 is 17.2 Å². The zero-order valence-electron chi connectivity index (χ0n) is 8.73. The monoisotopic (exact) mass is 237 g/mol. The Balaban J connectivity index is 2.38. The fraction of sp³-hybridized carbons (Fsp3) is 0.0909. The minimum Gasteiger partial charge on any atom is -0.379 e. The van der Waals surface area contributed by atoms with Gasteiger partial charge in [0.15, 0.2) is 5.82 Å². The Hall–Kier alpha value is -2.24. The first-order valence-corrected chi connectivity index (χ1v) is 4.83. The van der Waals surface area contributed by atoms with Crippen molar-refractivity contribution in [3.8, 4) is 0 Å². The molecule has 0 bridgehead atoms. The first-order valence-electron chi connectivity index (χ1n) is 4.83. The number of nitrogens with zero attached hydrogens (tertiary/aromatic N) is 2. The molecule has 0 aliphatic carbocycles. The number of nitrogens with two attached hydrogens (primary N) is 1. The lowest BCUT2D eigenvalue weighted by Crippen LogP contribution is -2.24. The van der Waals surface area contributed by atoms with Crippen molar-refractivity contribution in [3.63, 3.8) is 0 Å². The molecule has 1 aromatic carbocycles. The molecule has 4 nitrogen and oxygen atoms in total. The third-order valence-corrected chi connectivity index (χ3v) is 2.30. The maximum atomic E-state index is 13.4. The smallest absolute Gasteiger partial charge is 0.293 e. The molecule has 2 aromatic rings. The summed E-state index contributed by atoms with van der Waals surface area (Å²) < 4.78 is 27.3. The highest BCUT2D eigenvalue weighted by molar-refractivity contribution is 5.24. The molecule has 1 heterocycles. The number of anilines is 1. The zero-order chi connectivity index (χ0) is 12.4. The summed E-state index contributed by atoms with van der Waals surface area (Å²) in [7, 11) is 0. The van der Waals surface area contributed by atoms with Crippen LogP contribution in [0.25, 0.3) is 0 Å². The fourth-order valence-corrected chi connectivity index (χ4v) is 1.42. The highest BCUT2D eigenvalue weighted by Gasteiger charge is 2.06. The van der Waals surface area contributed by atoms with Gasteiger partial charge in [-0.1, -0.05) is 6.07 Å². The van der Waals surface area contributed by atoms with Crippen LogP contribution < -0.4 is 11.3 Å². The van der Waals surface area contributed by atoms with Crippen LogP contribution in [0, 0.1) is 11.6 Å². The molecular weight excluding hydrogens is 228 g/mol. The lowest BCUT2D eigenvalue weighted by molar-refractivity contribution is 0.564. The van der Waals surface area contributed by atoms with Crippen LogP contribution >= 0.6 is 0 Å². The van der Waals surface area contributed by atoms with E-state index in [9.17, 15) is 13.6 Å². The minimum absolute atomic E-state index is 0.0162. The molecule has 0 spiro atoms. The molecule has 0 amide bonds. The summed E-state index contributed by atoms with van der Waals surface area (Å²) in [4.78, 5) is 15.1. The van der Waals surface area contributed by atoms with Gasteiger partial charge in [-0.2, -0.15) is 0 Å². The van der Waals surface area contributed by atoms with Gasteiger partial charge in [0, 0.05) is 24.0 Å². The van der Waals surface area contributed by atoms with Crippen LogP contribution in [-0.2, 0) is 6.54 Å². The highest BCUT2D eigenvalue weighted by atomic mass is 19.1. The molecule has 0 aliphatic rings. The summed E-state index contributed by atoms with van der Waals surface area (Å²) in [5.74, 6) is -1.52. The van der Waals surface area contributed by atoms with E-state index in [4.69, 9.17) is 5.73 Å². The van der Waals surface area contributed by atoms with E-state index in [0.29, 0.717) is 0 Å². The van der Waals surface area contributed by atoms with Crippen LogP contribution in [0.4, 0.5) is 14.6 Å². The molecule has 0 unspecified atom stereocenters. The summed E-state index contributed by atoms with van der Waals surface area (Å²) in [6, 6.07) is 3.19. The van der Waals surface area contributed by atoms with Gasteiger partial charge < -0.3 is 10.3 Å². The molecule has 1 aromatic heterocycles. The van der Waals surface area contributed by atoms with Crippen LogP contribution in [0.3, 0.4) is 0 Å². The number of halogens is 2. The number of nitrogen functional groups attached to an aromatic ring is 1. The van der Waals surface area contributed by atoms with E-state index in [1.807, 2.05) is 0 Å². The number of rotatable bonds is 2. The van der Waals surface area contributed by atoms with E-state index in [-0.39, 0.29) is 17.9 Å². The molecule has 0 radical (unpaired) electrons.